The molecule has 6 atom stereocenters. The Kier molecular flexibility index (Phi) is 8.44. The summed E-state index contributed by atoms with van der Waals surface area (Å²) in [5.41, 5.74) is 2.65. The zero-order valence-electron chi connectivity index (χ0n) is 20.4. The summed E-state index contributed by atoms with van der Waals surface area (Å²) in [6, 6.07) is 6.46. The summed E-state index contributed by atoms with van der Waals surface area (Å²) in [5.74, 6) is 7.14. The average Bonchev–Trinajstić information content (AvgIpc) is 3.24. The van der Waals surface area contributed by atoms with E-state index in [1.165, 1.54) is 11.1 Å². The molecule has 0 aromatic heterocycles. The quantitative estimate of drug-likeness (QED) is 0.299. The molecule has 0 spiro atoms. The van der Waals surface area contributed by atoms with E-state index in [0.717, 1.165) is 31.6 Å². The molecule has 1 aromatic rings. The van der Waals surface area contributed by atoms with E-state index in [1.807, 2.05) is 26.0 Å². The van der Waals surface area contributed by atoms with Gasteiger partial charge < -0.3 is 20.3 Å². The molecule has 0 amide bonds. The Morgan fingerprint density at radius 3 is 2.78 bits per heavy atom. The molecule has 32 heavy (non-hydrogen) atoms. The van der Waals surface area contributed by atoms with Gasteiger partial charge in [-0.05, 0) is 65.0 Å². The van der Waals surface area contributed by atoms with E-state index in [0.29, 0.717) is 12.8 Å². The van der Waals surface area contributed by atoms with Crippen LogP contribution in [-0.4, -0.2) is 40.6 Å². The predicted octanol–water partition coefficient (Wildman–Crippen LogP) is 4.59. The Balaban J connectivity index is 1.65. The molecule has 4 nitrogen and oxygen atoms in total. The summed E-state index contributed by atoms with van der Waals surface area (Å²) < 4.78 is 6.39. The van der Waals surface area contributed by atoms with E-state index < -0.39 is 12.2 Å². The highest BCUT2D eigenvalue weighted by atomic mass is 16.5. The fraction of sp³-hybridized carbons (Fsp3) is 0.643. The lowest BCUT2D eigenvalue weighted by atomic mass is 9.86. The molecule has 4 heteroatoms. The number of ether oxygens (including phenoxy) is 1. The third-order valence-corrected chi connectivity index (χ3v) is 6.73. The Hall–Kier alpha value is -1.80. The molecule has 0 radical (unpaired) electrons. The molecule has 1 heterocycles. The molecule has 1 aliphatic carbocycles. The molecule has 0 bridgehead atoms. The van der Waals surface area contributed by atoms with Crippen molar-refractivity contribution >= 4 is 0 Å². The van der Waals surface area contributed by atoms with Gasteiger partial charge in [0.2, 0.25) is 0 Å². The van der Waals surface area contributed by atoms with Gasteiger partial charge in [-0.25, -0.2) is 0 Å². The molecule has 1 aliphatic heterocycles. The summed E-state index contributed by atoms with van der Waals surface area (Å²) in [7, 11) is 0. The number of rotatable bonds is 9. The Morgan fingerprint density at radius 1 is 1.28 bits per heavy atom. The van der Waals surface area contributed by atoms with Gasteiger partial charge in [0.1, 0.15) is 11.9 Å². The number of hydrogen-bond donors (Lipinski definition) is 3. The minimum Gasteiger partial charge on any atom is -0.489 e. The van der Waals surface area contributed by atoms with Crippen molar-refractivity contribution in [1.82, 2.24) is 5.32 Å². The standard InChI is InChI=1S/C28H41NO3/c1-6-7-11-19(2)23(30)16-15-21-24(31)18-25-26(21)22-14-10-13-20(27(22)32-25)12-8-9-17-29-28(3,4)5/h10,13-16,19,21,23-26,29-31H,8-9,11-12,17-18H2,1-5H3/b16-15+/t19-,21-,23+,24+,25-,26-/m0/s1. The average molecular weight is 440 g/mol. The zero-order chi connectivity index (χ0) is 23.3. The van der Waals surface area contributed by atoms with Crippen LogP contribution in [0.25, 0.3) is 0 Å². The minimum atomic E-state index is -0.558. The summed E-state index contributed by atoms with van der Waals surface area (Å²) in [4.78, 5) is 0. The second kappa shape index (κ2) is 10.9. The van der Waals surface area contributed by atoms with Crippen LogP contribution in [0, 0.1) is 23.7 Å². The number of fused-ring (bicyclic) bond motifs is 3. The lowest BCUT2D eigenvalue weighted by Crippen LogP contribution is -2.36. The first-order valence-corrected chi connectivity index (χ1v) is 12.2. The van der Waals surface area contributed by atoms with Gasteiger partial charge in [0.25, 0.3) is 0 Å². The molecule has 2 aliphatic rings. The number of nitrogens with one attached hydrogen (secondary N) is 1. The number of unbranched alkanes of at least 4 members (excludes halogenated alkanes) is 1. The second-order valence-corrected chi connectivity index (χ2v) is 10.5. The third kappa shape index (κ3) is 6.16. The van der Waals surface area contributed by atoms with E-state index in [2.05, 4.69) is 56.1 Å². The van der Waals surface area contributed by atoms with Crippen LogP contribution in [0.3, 0.4) is 0 Å². The number of hydrogen-bond acceptors (Lipinski definition) is 4. The van der Waals surface area contributed by atoms with Crippen LogP contribution >= 0.6 is 0 Å². The van der Waals surface area contributed by atoms with Crippen molar-refractivity contribution in [2.45, 2.75) is 96.5 Å². The topological polar surface area (TPSA) is 61.7 Å². The van der Waals surface area contributed by atoms with Crippen molar-refractivity contribution in [2.24, 2.45) is 11.8 Å². The van der Waals surface area contributed by atoms with Crippen molar-refractivity contribution in [2.75, 3.05) is 6.54 Å². The molecule has 3 rings (SSSR count). The van der Waals surface area contributed by atoms with Gasteiger partial charge in [-0.3, -0.25) is 0 Å². The van der Waals surface area contributed by atoms with E-state index >= 15 is 0 Å². The summed E-state index contributed by atoms with van der Waals surface area (Å²) in [6.07, 6.45) is 7.44. The Morgan fingerprint density at radius 2 is 2.06 bits per heavy atom. The zero-order valence-corrected chi connectivity index (χ0v) is 20.4. The van der Waals surface area contributed by atoms with Crippen LogP contribution < -0.4 is 10.1 Å². The highest BCUT2D eigenvalue weighted by Gasteiger charge is 2.48. The molecular weight excluding hydrogens is 398 g/mol. The van der Waals surface area contributed by atoms with Crippen molar-refractivity contribution in [3.8, 4) is 17.6 Å². The first-order valence-electron chi connectivity index (χ1n) is 12.2. The second-order valence-electron chi connectivity index (χ2n) is 10.5. The molecular formula is C28H41NO3. The third-order valence-electron chi connectivity index (χ3n) is 6.73. The van der Waals surface area contributed by atoms with E-state index in [1.54, 1.807) is 0 Å². The molecule has 176 valence electrons. The Bertz CT molecular complexity index is 844. The summed E-state index contributed by atoms with van der Waals surface area (Å²) >= 11 is 0. The normalized spacial score (nSPS) is 26.2. The lowest BCUT2D eigenvalue weighted by molar-refractivity contribution is 0.134. The number of aliphatic hydroxyl groups is 2. The van der Waals surface area contributed by atoms with Crippen molar-refractivity contribution < 1.29 is 14.9 Å². The molecule has 3 N–H and O–H groups in total. The largest absolute Gasteiger partial charge is 0.489 e. The first kappa shape index (κ1) is 24.8. The molecule has 0 saturated heterocycles. The predicted molar refractivity (Wildman–Crippen MR) is 131 cm³/mol. The maximum atomic E-state index is 10.7. The first-order chi connectivity index (χ1) is 15.2. The van der Waals surface area contributed by atoms with Gasteiger partial charge in [0.05, 0.1) is 12.2 Å². The fourth-order valence-corrected chi connectivity index (χ4v) is 4.88. The maximum absolute atomic E-state index is 10.7. The van der Waals surface area contributed by atoms with Crippen LogP contribution in [0.4, 0.5) is 0 Å². The summed E-state index contributed by atoms with van der Waals surface area (Å²) in [6.45, 7) is 11.4. The van der Waals surface area contributed by atoms with Crippen molar-refractivity contribution in [1.29, 1.82) is 0 Å². The van der Waals surface area contributed by atoms with Gasteiger partial charge in [-0.2, -0.15) is 0 Å². The number of para-hydroxylation sites is 1. The van der Waals surface area contributed by atoms with Gasteiger partial charge in [-0.15, -0.1) is 11.8 Å². The Labute approximate surface area is 194 Å². The highest BCUT2D eigenvalue weighted by Crippen LogP contribution is 2.52. The molecule has 0 unspecified atom stereocenters. The van der Waals surface area contributed by atoms with E-state index in [9.17, 15) is 10.2 Å². The van der Waals surface area contributed by atoms with Gasteiger partial charge in [-0.1, -0.05) is 37.3 Å². The fourth-order valence-electron chi connectivity index (χ4n) is 4.88. The van der Waals surface area contributed by atoms with Crippen LogP contribution in [0.2, 0.25) is 0 Å². The highest BCUT2D eigenvalue weighted by molar-refractivity contribution is 5.49. The van der Waals surface area contributed by atoms with Crippen LogP contribution in [-0.2, 0) is 6.42 Å². The molecule has 1 aromatic carbocycles. The number of benzene rings is 1. The van der Waals surface area contributed by atoms with E-state index in [-0.39, 0.29) is 29.4 Å². The number of aryl methyl sites for hydroxylation is 1. The minimum absolute atomic E-state index is 0.0129. The molecule has 1 saturated carbocycles. The summed E-state index contributed by atoms with van der Waals surface area (Å²) in [5, 5.41) is 24.7. The van der Waals surface area contributed by atoms with Gasteiger partial charge in [0, 0.05) is 35.8 Å². The lowest BCUT2D eigenvalue weighted by Gasteiger charge is -2.20. The SMILES string of the molecule is CC#CC[C@H](C)[C@H](O)/C=C/[C@@H]1[C@H]2c3cccc(CCCCNC(C)(C)C)c3O[C@H]2C[C@H]1O. The smallest absolute Gasteiger partial charge is 0.126 e. The van der Waals surface area contributed by atoms with E-state index in [4.69, 9.17) is 4.74 Å². The van der Waals surface area contributed by atoms with Crippen LogP contribution in [0.5, 0.6) is 5.75 Å². The number of aliphatic hydroxyl groups excluding tert-OH is 2. The van der Waals surface area contributed by atoms with Gasteiger partial charge in [0.15, 0.2) is 0 Å². The monoisotopic (exact) mass is 439 g/mol. The van der Waals surface area contributed by atoms with Crippen LogP contribution in [0.15, 0.2) is 30.4 Å². The van der Waals surface area contributed by atoms with Crippen LogP contribution in [0.1, 0.15) is 77.3 Å². The van der Waals surface area contributed by atoms with Crippen molar-refractivity contribution in [3.05, 3.63) is 41.5 Å². The van der Waals surface area contributed by atoms with Gasteiger partial charge >= 0.3 is 0 Å². The maximum Gasteiger partial charge on any atom is 0.126 e. The molecule has 1 fully saturated rings. The van der Waals surface area contributed by atoms with Crippen molar-refractivity contribution in [3.63, 3.8) is 0 Å².